The van der Waals surface area contributed by atoms with Crippen molar-refractivity contribution < 1.29 is 18.8 Å². The maximum atomic E-state index is 13.2. The molecule has 2 aromatic carbocycles. The first-order valence-electron chi connectivity index (χ1n) is 15.0. The highest BCUT2D eigenvalue weighted by atomic mass is 16.5. The SMILES string of the molecule is CCCCOc1cc(OCCCC)c(C(C)C)cc1-c1onc(C(=O)NCC)c1-c1ccc2c(c1)CCCNC2. The number of rotatable bonds is 13. The number of hydrogen-bond acceptors (Lipinski definition) is 6. The van der Waals surface area contributed by atoms with Crippen molar-refractivity contribution in [3.63, 3.8) is 0 Å². The molecule has 2 N–H and O–H groups in total. The predicted octanol–water partition coefficient (Wildman–Crippen LogP) is 7.28. The second-order valence-electron chi connectivity index (χ2n) is 10.8. The van der Waals surface area contributed by atoms with Crippen molar-refractivity contribution in [2.75, 3.05) is 26.3 Å². The van der Waals surface area contributed by atoms with Gasteiger partial charge in [0.15, 0.2) is 11.5 Å². The molecule has 0 fully saturated rings. The third-order valence-corrected chi connectivity index (χ3v) is 7.34. The van der Waals surface area contributed by atoms with Crippen LogP contribution in [-0.4, -0.2) is 37.4 Å². The van der Waals surface area contributed by atoms with E-state index in [9.17, 15) is 4.79 Å². The summed E-state index contributed by atoms with van der Waals surface area (Å²) in [6, 6.07) is 10.5. The van der Waals surface area contributed by atoms with E-state index >= 15 is 0 Å². The Morgan fingerprint density at radius 2 is 1.77 bits per heavy atom. The average Bonchev–Trinajstić information content (AvgIpc) is 3.25. The van der Waals surface area contributed by atoms with Crippen LogP contribution < -0.4 is 20.1 Å². The first-order valence-corrected chi connectivity index (χ1v) is 15.0. The van der Waals surface area contributed by atoms with Gasteiger partial charge in [-0.2, -0.15) is 0 Å². The van der Waals surface area contributed by atoms with Crippen LogP contribution in [0.3, 0.4) is 0 Å². The van der Waals surface area contributed by atoms with Crippen LogP contribution in [-0.2, 0) is 13.0 Å². The van der Waals surface area contributed by atoms with Crippen molar-refractivity contribution in [1.82, 2.24) is 15.8 Å². The highest BCUT2D eigenvalue weighted by molar-refractivity contribution is 6.02. The van der Waals surface area contributed by atoms with Crippen LogP contribution in [0.2, 0.25) is 0 Å². The zero-order valence-corrected chi connectivity index (χ0v) is 24.8. The van der Waals surface area contributed by atoms with Crippen LogP contribution in [0, 0.1) is 0 Å². The minimum atomic E-state index is -0.249. The number of nitrogens with zero attached hydrogens (tertiary/aromatic N) is 1. The molecule has 216 valence electrons. The first kappa shape index (κ1) is 29.7. The Bertz CT molecular complexity index is 1280. The van der Waals surface area contributed by atoms with Crippen molar-refractivity contribution in [1.29, 1.82) is 0 Å². The van der Waals surface area contributed by atoms with Gasteiger partial charge in [0.2, 0.25) is 0 Å². The van der Waals surface area contributed by atoms with Gasteiger partial charge in [0.1, 0.15) is 11.5 Å². The lowest BCUT2D eigenvalue weighted by Gasteiger charge is -2.19. The van der Waals surface area contributed by atoms with Crippen LogP contribution >= 0.6 is 0 Å². The minimum Gasteiger partial charge on any atom is -0.493 e. The molecule has 2 heterocycles. The number of amides is 1. The molecule has 1 amide bonds. The average molecular weight is 548 g/mol. The van der Waals surface area contributed by atoms with Gasteiger partial charge >= 0.3 is 0 Å². The lowest BCUT2D eigenvalue weighted by Crippen LogP contribution is -2.23. The second kappa shape index (κ2) is 14.4. The molecule has 1 aromatic heterocycles. The highest BCUT2D eigenvalue weighted by Crippen LogP contribution is 2.44. The van der Waals surface area contributed by atoms with Gasteiger partial charge < -0.3 is 24.6 Å². The smallest absolute Gasteiger partial charge is 0.274 e. The van der Waals surface area contributed by atoms with Crippen molar-refractivity contribution in [2.24, 2.45) is 0 Å². The number of unbranched alkanes of at least 4 members (excludes halogenated alkanes) is 2. The van der Waals surface area contributed by atoms with E-state index in [4.69, 9.17) is 14.0 Å². The number of aromatic nitrogens is 1. The normalized spacial score (nSPS) is 13.2. The molecule has 7 heteroatoms. The number of aryl methyl sites for hydroxylation is 1. The molecule has 0 atom stereocenters. The zero-order valence-electron chi connectivity index (χ0n) is 24.8. The molecular formula is C33H45N3O4. The number of nitrogens with one attached hydrogen (secondary N) is 2. The number of hydrogen-bond donors (Lipinski definition) is 2. The number of carbonyl (C=O) groups is 1. The molecule has 7 nitrogen and oxygen atoms in total. The standard InChI is InChI=1S/C33H45N3O4/c1-6-9-16-38-28-20-29(39-17-10-7-2)27(19-26(28)22(4)5)32-30(31(36-40-32)33(37)35-8-3)24-13-14-25-21-34-15-11-12-23(25)18-24/h13-14,18-20,22,34H,6-12,15-17,21H2,1-5H3,(H,35,37). The molecule has 3 aromatic rings. The molecule has 0 saturated carbocycles. The Balaban J connectivity index is 1.90. The Kier molecular flexibility index (Phi) is 10.6. The predicted molar refractivity (Wildman–Crippen MR) is 160 cm³/mol. The number of ether oxygens (including phenoxy) is 2. The molecule has 0 aliphatic carbocycles. The molecule has 0 radical (unpaired) electrons. The van der Waals surface area contributed by atoms with Crippen molar-refractivity contribution in [3.8, 4) is 33.9 Å². The third-order valence-electron chi connectivity index (χ3n) is 7.34. The molecule has 0 unspecified atom stereocenters. The molecule has 1 aliphatic rings. The van der Waals surface area contributed by atoms with E-state index in [1.165, 1.54) is 11.1 Å². The summed E-state index contributed by atoms with van der Waals surface area (Å²) in [5, 5.41) is 10.7. The van der Waals surface area contributed by atoms with E-state index in [1.807, 2.05) is 13.0 Å². The van der Waals surface area contributed by atoms with Crippen LogP contribution in [0.25, 0.3) is 22.5 Å². The number of fused-ring (bicyclic) bond motifs is 1. The van der Waals surface area contributed by atoms with Crippen molar-refractivity contribution >= 4 is 5.91 Å². The highest BCUT2D eigenvalue weighted by Gasteiger charge is 2.28. The first-order chi connectivity index (χ1) is 19.5. The van der Waals surface area contributed by atoms with Gasteiger partial charge in [-0.05, 0) is 73.4 Å². The second-order valence-corrected chi connectivity index (χ2v) is 10.8. The molecule has 1 aliphatic heterocycles. The lowest BCUT2D eigenvalue weighted by atomic mass is 9.92. The van der Waals surface area contributed by atoms with Gasteiger partial charge in [0, 0.05) is 19.2 Å². The summed E-state index contributed by atoms with van der Waals surface area (Å²) in [5.41, 5.74) is 6.35. The zero-order chi connectivity index (χ0) is 28.5. The summed E-state index contributed by atoms with van der Waals surface area (Å²) in [4.78, 5) is 13.2. The maximum Gasteiger partial charge on any atom is 0.274 e. The van der Waals surface area contributed by atoms with Crippen LogP contribution in [0.4, 0.5) is 0 Å². The fourth-order valence-electron chi connectivity index (χ4n) is 5.06. The Morgan fingerprint density at radius 1 is 1.02 bits per heavy atom. The summed E-state index contributed by atoms with van der Waals surface area (Å²) < 4.78 is 18.6. The van der Waals surface area contributed by atoms with E-state index in [0.717, 1.165) is 74.1 Å². The largest absolute Gasteiger partial charge is 0.493 e. The summed E-state index contributed by atoms with van der Waals surface area (Å²) in [6.45, 7) is 14.1. The summed E-state index contributed by atoms with van der Waals surface area (Å²) in [7, 11) is 0. The monoisotopic (exact) mass is 547 g/mol. The van der Waals surface area contributed by atoms with Gasteiger partial charge in [-0.15, -0.1) is 0 Å². The van der Waals surface area contributed by atoms with E-state index in [1.54, 1.807) is 0 Å². The van der Waals surface area contributed by atoms with Gasteiger partial charge in [0.05, 0.1) is 24.3 Å². The summed E-state index contributed by atoms with van der Waals surface area (Å²) >= 11 is 0. The number of benzene rings is 2. The van der Waals surface area contributed by atoms with Gasteiger partial charge in [-0.1, -0.05) is 63.9 Å². The van der Waals surface area contributed by atoms with Crippen LogP contribution in [0.1, 0.15) is 99.8 Å². The van der Waals surface area contributed by atoms with E-state index in [0.29, 0.717) is 36.8 Å². The lowest BCUT2D eigenvalue weighted by molar-refractivity contribution is 0.0947. The maximum absolute atomic E-state index is 13.2. The molecule has 0 bridgehead atoms. The van der Waals surface area contributed by atoms with Gasteiger partial charge in [-0.25, -0.2) is 0 Å². The molecule has 4 rings (SSSR count). The molecular weight excluding hydrogens is 502 g/mol. The Hall–Kier alpha value is -3.32. The summed E-state index contributed by atoms with van der Waals surface area (Å²) in [6.07, 6.45) is 6.07. The van der Waals surface area contributed by atoms with E-state index < -0.39 is 0 Å². The number of carbonyl (C=O) groups excluding carboxylic acids is 1. The van der Waals surface area contributed by atoms with Crippen molar-refractivity contribution in [2.45, 2.75) is 85.6 Å². The summed E-state index contributed by atoms with van der Waals surface area (Å²) in [5.74, 6) is 2.03. The minimum absolute atomic E-state index is 0.217. The Labute approximate surface area is 239 Å². The van der Waals surface area contributed by atoms with E-state index in [2.05, 4.69) is 67.8 Å². The topological polar surface area (TPSA) is 85.6 Å². The van der Waals surface area contributed by atoms with Gasteiger partial charge in [-0.3, -0.25) is 4.79 Å². The molecule has 0 spiro atoms. The van der Waals surface area contributed by atoms with Crippen LogP contribution in [0.15, 0.2) is 34.9 Å². The van der Waals surface area contributed by atoms with Crippen molar-refractivity contribution in [3.05, 3.63) is 52.7 Å². The Morgan fingerprint density at radius 3 is 2.48 bits per heavy atom. The molecule has 0 saturated heterocycles. The fourth-order valence-corrected chi connectivity index (χ4v) is 5.06. The fraction of sp³-hybridized carbons (Fsp3) is 0.515. The molecule has 40 heavy (non-hydrogen) atoms. The quantitative estimate of drug-likeness (QED) is 0.219. The van der Waals surface area contributed by atoms with E-state index in [-0.39, 0.29) is 17.5 Å². The van der Waals surface area contributed by atoms with Gasteiger partial charge in [0.25, 0.3) is 5.91 Å². The van der Waals surface area contributed by atoms with Crippen LogP contribution in [0.5, 0.6) is 11.5 Å². The third kappa shape index (κ3) is 6.87.